The van der Waals surface area contributed by atoms with Crippen molar-refractivity contribution in [2.45, 2.75) is 19.5 Å². The lowest BCUT2D eigenvalue weighted by Gasteiger charge is -2.21. The number of benzene rings is 1. The van der Waals surface area contributed by atoms with Crippen LogP contribution >= 0.6 is 0 Å². The fraction of sp³-hybridized carbons (Fsp3) is 0.333. The van der Waals surface area contributed by atoms with E-state index in [2.05, 4.69) is 10.4 Å². The summed E-state index contributed by atoms with van der Waals surface area (Å²) in [6, 6.07) is 7.09. The van der Waals surface area contributed by atoms with E-state index >= 15 is 0 Å². The molecule has 1 amide bonds. The van der Waals surface area contributed by atoms with Crippen molar-refractivity contribution in [2.24, 2.45) is 0 Å². The molecule has 0 radical (unpaired) electrons. The Hall–Kier alpha value is -3.56. The Balaban J connectivity index is 1.51. The van der Waals surface area contributed by atoms with Crippen LogP contribution < -0.4 is 25.9 Å². The third-order valence-electron chi connectivity index (χ3n) is 3.98. The van der Waals surface area contributed by atoms with E-state index in [4.69, 9.17) is 14.2 Å². The Morgan fingerprint density at radius 1 is 1.18 bits per heavy atom. The molecule has 0 fully saturated rings. The molecule has 0 spiro atoms. The molecule has 0 saturated carbocycles. The summed E-state index contributed by atoms with van der Waals surface area (Å²) >= 11 is 0. The third-order valence-corrected chi connectivity index (χ3v) is 3.98. The van der Waals surface area contributed by atoms with Gasteiger partial charge in [-0.1, -0.05) is 6.07 Å². The highest BCUT2D eigenvalue weighted by Crippen LogP contribution is 2.32. The Morgan fingerprint density at radius 3 is 2.71 bits per heavy atom. The van der Waals surface area contributed by atoms with Gasteiger partial charge in [0.2, 0.25) is 0 Å². The van der Waals surface area contributed by atoms with Crippen molar-refractivity contribution < 1.29 is 23.8 Å². The molecule has 1 aromatic carbocycles. The van der Waals surface area contributed by atoms with E-state index in [1.807, 2.05) is 6.07 Å². The average molecular weight is 389 g/mol. The number of aromatic amines is 1. The lowest BCUT2D eigenvalue weighted by molar-refractivity contribution is -0.149. The van der Waals surface area contributed by atoms with E-state index in [0.29, 0.717) is 24.7 Å². The molecule has 1 aromatic heterocycles. The molecule has 2 N–H and O–H groups in total. The van der Waals surface area contributed by atoms with Crippen molar-refractivity contribution >= 4 is 11.9 Å². The zero-order valence-electron chi connectivity index (χ0n) is 15.1. The summed E-state index contributed by atoms with van der Waals surface area (Å²) in [6.07, 6.45) is 0. The van der Waals surface area contributed by atoms with Gasteiger partial charge >= 0.3 is 5.97 Å². The third kappa shape index (κ3) is 4.78. The van der Waals surface area contributed by atoms with Gasteiger partial charge in [0.1, 0.15) is 19.8 Å². The van der Waals surface area contributed by atoms with Gasteiger partial charge in [0.05, 0.1) is 6.04 Å². The van der Waals surface area contributed by atoms with E-state index in [1.165, 1.54) is 0 Å². The van der Waals surface area contributed by atoms with E-state index in [0.717, 1.165) is 22.4 Å². The fourth-order valence-corrected chi connectivity index (χ4v) is 2.60. The lowest BCUT2D eigenvalue weighted by Crippen LogP contribution is -2.34. The van der Waals surface area contributed by atoms with E-state index in [9.17, 15) is 19.2 Å². The minimum atomic E-state index is -0.828. The number of nitrogens with one attached hydrogen (secondary N) is 2. The first-order valence-corrected chi connectivity index (χ1v) is 8.57. The van der Waals surface area contributed by atoms with Gasteiger partial charge in [0.25, 0.3) is 17.0 Å². The van der Waals surface area contributed by atoms with Crippen LogP contribution in [0.4, 0.5) is 0 Å². The van der Waals surface area contributed by atoms with Crippen LogP contribution in [-0.2, 0) is 20.9 Å². The van der Waals surface area contributed by atoms with Gasteiger partial charge in [-0.3, -0.25) is 24.3 Å². The molecule has 3 rings (SSSR count). The Kier molecular flexibility index (Phi) is 5.78. The van der Waals surface area contributed by atoms with Crippen molar-refractivity contribution in [3.8, 4) is 11.5 Å². The highest BCUT2D eigenvalue weighted by molar-refractivity contribution is 5.80. The van der Waals surface area contributed by atoms with E-state index in [1.54, 1.807) is 19.1 Å². The molecule has 1 aliphatic heterocycles. The number of aromatic nitrogens is 2. The van der Waals surface area contributed by atoms with Gasteiger partial charge in [-0.25, -0.2) is 4.68 Å². The van der Waals surface area contributed by atoms with Crippen LogP contribution in [-0.4, -0.2) is 41.5 Å². The van der Waals surface area contributed by atoms with Crippen molar-refractivity contribution in [3.05, 3.63) is 56.6 Å². The number of nitrogens with zero attached hydrogens (tertiary/aromatic N) is 1. The number of hydrogen-bond donors (Lipinski definition) is 2. The summed E-state index contributed by atoms with van der Waals surface area (Å²) < 4.78 is 16.6. The van der Waals surface area contributed by atoms with Gasteiger partial charge in [-0.05, 0) is 24.6 Å². The summed E-state index contributed by atoms with van der Waals surface area (Å²) in [5.74, 6) is -0.0778. The largest absolute Gasteiger partial charge is 0.486 e. The molecule has 0 saturated heterocycles. The Bertz CT molecular complexity index is 995. The zero-order valence-corrected chi connectivity index (χ0v) is 15.1. The fourth-order valence-electron chi connectivity index (χ4n) is 2.60. The standard InChI is InChI=1S/C18H19N3O7/c1-11(12-2-3-13-14(8-12)27-7-6-26-13)19-16(23)10-28-18(25)9-21-17(24)5-4-15(22)20-21/h2-5,8,11H,6-7,9-10H2,1H3,(H,19,23)(H,20,22)/t11-/m0/s1. The second-order valence-electron chi connectivity index (χ2n) is 6.09. The predicted octanol–water partition coefficient (Wildman–Crippen LogP) is -0.272. The smallest absolute Gasteiger partial charge is 0.328 e. The van der Waals surface area contributed by atoms with Gasteiger partial charge in [0, 0.05) is 12.1 Å². The number of H-pyrrole nitrogens is 1. The van der Waals surface area contributed by atoms with Crippen LogP contribution in [0.25, 0.3) is 0 Å². The number of carbonyl (C=O) groups excluding carboxylic acids is 2. The summed E-state index contributed by atoms with van der Waals surface area (Å²) in [6.45, 7) is 1.72. The summed E-state index contributed by atoms with van der Waals surface area (Å²) in [7, 11) is 0. The molecule has 10 nitrogen and oxygen atoms in total. The molecule has 0 bridgehead atoms. The monoisotopic (exact) mass is 389 g/mol. The minimum Gasteiger partial charge on any atom is -0.486 e. The summed E-state index contributed by atoms with van der Waals surface area (Å²) in [5, 5.41) is 4.90. The van der Waals surface area contributed by atoms with Crippen LogP contribution in [0.2, 0.25) is 0 Å². The number of amides is 1. The molecule has 2 heterocycles. The Labute approximate surface area is 159 Å². The van der Waals surface area contributed by atoms with Crippen LogP contribution in [0.5, 0.6) is 11.5 Å². The van der Waals surface area contributed by atoms with Crippen LogP contribution in [0.1, 0.15) is 18.5 Å². The first kappa shape index (κ1) is 19.2. The van der Waals surface area contributed by atoms with Crippen LogP contribution in [0.3, 0.4) is 0 Å². The highest BCUT2D eigenvalue weighted by atomic mass is 16.6. The number of esters is 1. The summed E-state index contributed by atoms with van der Waals surface area (Å²) in [5.41, 5.74) is -0.288. The molecule has 0 aliphatic carbocycles. The van der Waals surface area contributed by atoms with E-state index in [-0.39, 0.29) is 6.04 Å². The molecule has 148 valence electrons. The van der Waals surface area contributed by atoms with Crippen LogP contribution in [0.15, 0.2) is 39.9 Å². The second kappa shape index (κ2) is 8.42. The van der Waals surface area contributed by atoms with Crippen molar-refractivity contribution in [1.82, 2.24) is 15.1 Å². The molecule has 28 heavy (non-hydrogen) atoms. The SMILES string of the molecule is C[C@H](NC(=O)COC(=O)Cn1[nH]c(=O)ccc1=O)c1ccc2c(c1)OCCO2. The predicted molar refractivity (Wildman–Crippen MR) is 96.3 cm³/mol. The van der Waals surface area contributed by atoms with Crippen molar-refractivity contribution in [2.75, 3.05) is 19.8 Å². The zero-order chi connectivity index (χ0) is 20.1. The van der Waals surface area contributed by atoms with Gasteiger partial charge in [0.15, 0.2) is 18.1 Å². The van der Waals surface area contributed by atoms with Crippen molar-refractivity contribution in [3.63, 3.8) is 0 Å². The number of carbonyl (C=O) groups is 2. The molecule has 2 aromatic rings. The second-order valence-corrected chi connectivity index (χ2v) is 6.09. The minimum absolute atomic E-state index is 0.352. The molecule has 10 heteroatoms. The van der Waals surface area contributed by atoms with Gasteiger partial charge in [-0.2, -0.15) is 0 Å². The number of hydrogen-bond acceptors (Lipinski definition) is 7. The molecule has 0 unspecified atom stereocenters. The first-order valence-electron chi connectivity index (χ1n) is 8.57. The van der Waals surface area contributed by atoms with Gasteiger partial charge < -0.3 is 19.5 Å². The van der Waals surface area contributed by atoms with Gasteiger partial charge in [-0.15, -0.1) is 0 Å². The topological polar surface area (TPSA) is 129 Å². The molecule has 1 aliphatic rings. The Morgan fingerprint density at radius 2 is 1.93 bits per heavy atom. The van der Waals surface area contributed by atoms with Crippen LogP contribution in [0, 0.1) is 0 Å². The normalized spacial score (nSPS) is 13.5. The maximum atomic E-state index is 12.0. The average Bonchev–Trinajstić information content (AvgIpc) is 2.68. The summed E-state index contributed by atoms with van der Waals surface area (Å²) in [4.78, 5) is 46.5. The number of ether oxygens (including phenoxy) is 3. The quantitative estimate of drug-likeness (QED) is 0.651. The van der Waals surface area contributed by atoms with Crippen molar-refractivity contribution in [1.29, 1.82) is 0 Å². The molecule has 1 atom stereocenters. The lowest BCUT2D eigenvalue weighted by atomic mass is 10.1. The first-order chi connectivity index (χ1) is 13.4. The molecular formula is C18H19N3O7. The number of fused-ring (bicyclic) bond motifs is 1. The highest BCUT2D eigenvalue weighted by Gasteiger charge is 2.17. The maximum Gasteiger partial charge on any atom is 0.328 e. The number of rotatable bonds is 6. The maximum absolute atomic E-state index is 12.0. The molecular weight excluding hydrogens is 370 g/mol. The van der Waals surface area contributed by atoms with E-state index < -0.39 is 36.1 Å².